The largest absolute Gasteiger partial charge is 0.755 e. The number of nitrogens with zero attached hydrogens (tertiary/aromatic N) is 4. The molecule has 6 heteroatoms. The second-order valence-electron chi connectivity index (χ2n) is 5.39. The molecule has 1 aliphatic rings. The molecule has 0 fully saturated rings. The van der Waals surface area contributed by atoms with Crippen LogP contribution in [-0.2, 0) is 6.54 Å². The summed E-state index contributed by atoms with van der Waals surface area (Å²) >= 11 is 0. The third-order valence-corrected chi connectivity index (χ3v) is 3.80. The van der Waals surface area contributed by atoms with Crippen LogP contribution >= 0.6 is 0 Å². The van der Waals surface area contributed by atoms with Gasteiger partial charge in [0.25, 0.3) is 0 Å². The molecular formula is C15H23N4O2-. The van der Waals surface area contributed by atoms with Crippen molar-refractivity contribution in [3.63, 3.8) is 0 Å². The summed E-state index contributed by atoms with van der Waals surface area (Å²) in [7, 11) is 0. The van der Waals surface area contributed by atoms with Crippen LogP contribution in [-0.4, -0.2) is 33.5 Å². The monoisotopic (exact) mass is 291 g/mol. The van der Waals surface area contributed by atoms with Crippen molar-refractivity contribution >= 4 is 11.7 Å². The van der Waals surface area contributed by atoms with Crippen LogP contribution in [0.1, 0.15) is 49.9 Å². The molecule has 1 aromatic heterocycles. The van der Waals surface area contributed by atoms with Gasteiger partial charge in [0.05, 0.1) is 6.17 Å². The molecular weight excluding hydrogens is 268 g/mol. The third-order valence-electron chi connectivity index (χ3n) is 3.80. The minimum absolute atomic E-state index is 0.389. The zero-order valence-corrected chi connectivity index (χ0v) is 12.8. The van der Waals surface area contributed by atoms with E-state index in [9.17, 15) is 10.0 Å². The van der Waals surface area contributed by atoms with E-state index in [0.717, 1.165) is 19.4 Å². The number of fused-ring (bicyclic) bond motifs is 1. The fraction of sp³-hybridized carbons (Fsp3) is 0.600. The second-order valence-corrected chi connectivity index (χ2v) is 5.39. The van der Waals surface area contributed by atoms with Gasteiger partial charge in [0.15, 0.2) is 5.82 Å². The number of aromatic nitrogens is 2. The Kier molecular flexibility index (Phi) is 5.01. The fourth-order valence-corrected chi connectivity index (χ4v) is 2.56. The molecule has 0 bridgehead atoms. The molecule has 2 heterocycles. The van der Waals surface area contributed by atoms with E-state index >= 15 is 0 Å². The molecule has 0 radical (unpaired) electrons. The SMILES string of the molecule is C=CCN1c2nn(CCCCCC)cc2C(=O)N([O-])C1C. The highest BCUT2D eigenvalue weighted by atomic mass is 16.5. The lowest BCUT2D eigenvalue weighted by molar-refractivity contribution is 0.0761. The average Bonchev–Trinajstić information content (AvgIpc) is 2.90. The van der Waals surface area contributed by atoms with Crippen LogP contribution in [0.5, 0.6) is 0 Å². The lowest BCUT2D eigenvalue weighted by Crippen LogP contribution is -2.51. The van der Waals surface area contributed by atoms with Crippen molar-refractivity contribution in [3.05, 3.63) is 29.6 Å². The maximum atomic E-state index is 12.1. The molecule has 0 saturated carbocycles. The highest BCUT2D eigenvalue weighted by Gasteiger charge is 2.32. The maximum Gasteiger partial charge on any atom is 0.250 e. The molecule has 0 aliphatic carbocycles. The van der Waals surface area contributed by atoms with Crippen molar-refractivity contribution in [1.29, 1.82) is 0 Å². The van der Waals surface area contributed by atoms with Crippen molar-refractivity contribution in [2.75, 3.05) is 11.4 Å². The smallest absolute Gasteiger partial charge is 0.250 e. The van der Waals surface area contributed by atoms with Gasteiger partial charge in [-0.1, -0.05) is 32.3 Å². The molecule has 0 spiro atoms. The Morgan fingerprint density at radius 2 is 2.19 bits per heavy atom. The Hall–Kier alpha value is -1.82. The summed E-state index contributed by atoms with van der Waals surface area (Å²) in [6.45, 7) is 8.84. The first-order valence-electron chi connectivity index (χ1n) is 7.55. The minimum Gasteiger partial charge on any atom is -0.755 e. The van der Waals surface area contributed by atoms with Gasteiger partial charge >= 0.3 is 0 Å². The first kappa shape index (κ1) is 15.6. The van der Waals surface area contributed by atoms with E-state index in [1.54, 1.807) is 28.8 Å². The van der Waals surface area contributed by atoms with Crippen LogP contribution in [0.25, 0.3) is 0 Å². The van der Waals surface area contributed by atoms with Gasteiger partial charge in [-0.3, -0.25) is 9.48 Å². The Labute approximate surface area is 125 Å². The number of rotatable bonds is 7. The Bertz CT molecular complexity index is 512. The van der Waals surface area contributed by atoms with Crippen molar-refractivity contribution in [2.24, 2.45) is 0 Å². The third kappa shape index (κ3) is 3.10. The topological polar surface area (TPSA) is 64.4 Å². The summed E-state index contributed by atoms with van der Waals surface area (Å²) in [4.78, 5) is 13.9. The highest BCUT2D eigenvalue weighted by molar-refractivity contribution is 6.01. The molecule has 1 unspecified atom stereocenters. The average molecular weight is 291 g/mol. The number of anilines is 1. The highest BCUT2D eigenvalue weighted by Crippen LogP contribution is 2.29. The van der Waals surface area contributed by atoms with E-state index in [0.29, 0.717) is 23.0 Å². The molecule has 21 heavy (non-hydrogen) atoms. The van der Waals surface area contributed by atoms with Gasteiger partial charge in [0.1, 0.15) is 5.56 Å². The van der Waals surface area contributed by atoms with Crippen molar-refractivity contribution in [3.8, 4) is 0 Å². The standard InChI is InChI=1S/C15H23N4O2/c1-4-6-7-8-10-17-11-13-14(16-17)18(9-5-2)12(3)19(21)15(13)20/h5,11-12H,2,4,6-10H2,1,3H3/q-1. The molecule has 1 atom stereocenters. The summed E-state index contributed by atoms with van der Waals surface area (Å²) in [6, 6.07) is 0. The molecule has 1 aliphatic heterocycles. The number of amides is 1. The maximum absolute atomic E-state index is 12.1. The van der Waals surface area contributed by atoms with Crippen LogP contribution in [0, 0.1) is 5.21 Å². The van der Waals surface area contributed by atoms with Gasteiger partial charge in [-0.25, -0.2) is 0 Å². The molecule has 0 N–H and O–H groups in total. The molecule has 116 valence electrons. The molecule has 0 saturated heterocycles. The van der Waals surface area contributed by atoms with Crippen LogP contribution in [0.4, 0.5) is 5.82 Å². The van der Waals surface area contributed by atoms with Gasteiger partial charge in [0.2, 0.25) is 5.91 Å². The van der Waals surface area contributed by atoms with Crippen LogP contribution in [0.15, 0.2) is 18.9 Å². The number of unbranched alkanes of at least 4 members (excludes halogenated alkanes) is 3. The predicted molar refractivity (Wildman–Crippen MR) is 82.9 cm³/mol. The zero-order chi connectivity index (χ0) is 15.4. The Balaban J connectivity index is 2.19. The van der Waals surface area contributed by atoms with Crippen molar-refractivity contribution < 1.29 is 4.79 Å². The summed E-state index contributed by atoms with van der Waals surface area (Å²) < 4.78 is 1.78. The molecule has 1 aromatic rings. The zero-order valence-electron chi connectivity index (χ0n) is 12.8. The lowest BCUT2D eigenvalue weighted by atomic mass is 10.2. The fourth-order valence-electron chi connectivity index (χ4n) is 2.56. The van der Waals surface area contributed by atoms with E-state index in [2.05, 4.69) is 18.6 Å². The van der Waals surface area contributed by atoms with E-state index in [1.165, 1.54) is 12.8 Å². The molecule has 1 amide bonds. The number of aryl methyl sites for hydroxylation is 1. The summed E-state index contributed by atoms with van der Waals surface area (Å²) in [5, 5.41) is 16.9. The van der Waals surface area contributed by atoms with E-state index in [4.69, 9.17) is 0 Å². The van der Waals surface area contributed by atoms with E-state index < -0.39 is 12.1 Å². The minimum atomic E-state index is -0.550. The number of hydrogen-bond acceptors (Lipinski definition) is 4. The van der Waals surface area contributed by atoms with Crippen LogP contribution < -0.4 is 4.90 Å². The quantitative estimate of drug-likeness (QED) is 0.572. The van der Waals surface area contributed by atoms with E-state index in [-0.39, 0.29) is 0 Å². The van der Waals surface area contributed by atoms with Gasteiger partial charge in [0, 0.05) is 19.3 Å². The number of hydrogen-bond donors (Lipinski definition) is 0. The van der Waals surface area contributed by atoms with Crippen LogP contribution in [0.2, 0.25) is 0 Å². The Morgan fingerprint density at radius 3 is 2.86 bits per heavy atom. The molecule has 2 rings (SSSR count). The van der Waals surface area contributed by atoms with E-state index in [1.807, 2.05) is 0 Å². The first-order valence-corrected chi connectivity index (χ1v) is 7.55. The van der Waals surface area contributed by atoms with Gasteiger partial charge < -0.3 is 15.2 Å². The number of carbonyl (C=O) groups is 1. The summed E-state index contributed by atoms with van der Waals surface area (Å²) in [5.41, 5.74) is 0.389. The predicted octanol–water partition coefficient (Wildman–Crippen LogP) is 2.76. The molecule has 0 aromatic carbocycles. The van der Waals surface area contributed by atoms with Crippen molar-refractivity contribution in [1.82, 2.24) is 14.8 Å². The lowest BCUT2D eigenvalue weighted by Gasteiger charge is -2.45. The van der Waals surface area contributed by atoms with Crippen LogP contribution in [0.3, 0.4) is 0 Å². The number of hydroxylamine groups is 2. The normalized spacial score (nSPS) is 18.0. The number of carbonyl (C=O) groups excluding carboxylic acids is 1. The first-order chi connectivity index (χ1) is 10.1. The van der Waals surface area contributed by atoms with Crippen molar-refractivity contribution in [2.45, 2.75) is 52.2 Å². The second kappa shape index (κ2) is 6.76. The van der Waals surface area contributed by atoms with Gasteiger partial charge in [-0.2, -0.15) is 5.10 Å². The molecule has 6 nitrogen and oxygen atoms in total. The summed E-state index contributed by atoms with van der Waals surface area (Å²) in [6.07, 6.45) is 7.42. The summed E-state index contributed by atoms with van der Waals surface area (Å²) in [5.74, 6) is 0.0904. The van der Waals surface area contributed by atoms with Gasteiger partial charge in [-0.15, -0.1) is 6.58 Å². The Morgan fingerprint density at radius 1 is 1.43 bits per heavy atom. The van der Waals surface area contributed by atoms with Gasteiger partial charge in [-0.05, 0) is 13.3 Å².